The van der Waals surface area contributed by atoms with E-state index >= 15 is 0 Å². The lowest BCUT2D eigenvalue weighted by Crippen LogP contribution is -2.52. The molecule has 196 valence electrons. The fourth-order valence-electron chi connectivity index (χ4n) is 4.29. The summed E-state index contributed by atoms with van der Waals surface area (Å²) in [4.78, 5) is 28.8. The normalized spacial score (nSPS) is 11.8. The molecule has 5 nitrogen and oxygen atoms in total. The SMILES string of the molecule is CC(C)NC(=O)[C@H](Cc1ccccc1)N(Cc1ccccc1Cl)C(=O)COc1ccc2ccccc2c1Br. The molecule has 0 aliphatic carbocycles. The van der Waals surface area contributed by atoms with Crippen molar-refractivity contribution in [1.82, 2.24) is 10.2 Å². The summed E-state index contributed by atoms with van der Waals surface area (Å²) in [5, 5.41) is 5.57. The van der Waals surface area contributed by atoms with Crippen LogP contribution in [0, 0.1) is 0 Å². The molecule has 0 aliphatic rings. The van der Waals surface area contributed by atoms with E-state index in [0.717, 1.165) is 26.4 Å². The van der Waals surface area contributed by atoms with Gasteiger partial charge in [0, 0.05) is 24.0 Å². The number of rotatable bonds is 10. The summed E-state index contributed by atoms with van der Waals surface area (Å²) >= 11 is 10.1. The van der Waals surface area contributed by atoms with E-state index < -0.39 is 6.04 Å². The number of carbonyl (C=O) groups excluding carboxylic acids is 2. The second-order valence-corrected chi connectivity index (χ2v) is 10.6. The average molecular weight is 594 g/mol. The number of carbonyl (C=O) groups is 2. The van der Waals surface area contributed by atoms with Crippen LogP contribution in [0.1, 0.15) is 25.0 Å². The smallest absolute Gasteiger partial charge is 0.261 e. The van der Waals surface area contributed by atoms with E-state index in [-0.39, 0.29) is 31.0 Å². The number of hydrogen-bond acceptors (Lipinski definition) is 3. The van der Waals surface area contributed by atoms with Gasteiger partial charge in [0.25, 0.3) is 5.91 Å². The summed E-state index contributed by atoms with van der Waals surface area (Å²) < 4.78 is 6.79. The Labute approximate surface area is 236 Å². The standard InChI is InChI=1S/C31H30BrClN2O3/c1-21(2)34-31(37)27(18-22-10-4-3-5-11-22)35(19-24-13-7-9-15-26(24)33)29(36)20-38-28-17-16-23-12-6-8-14-25(23)30(28)32/h3-17,21,27H,18-20H2,1-2H3,(H,34,37)/t27-/m0/s1. The zero-order valence-electron chi connectivity index (χ0n) is 21.4. The second kappa shape index (κ2) is 12.9. The Balaban J connectivity index is 1.65. The maximum atomic E-state index is 13.8. The molecule has 0 aliphatic heterocycles. The van der Waals surface area contributed by atoms with Crippen molar-refractivity contribution in [3.63, 3.8) is 0 Å². The highest BCUT2D eigenvalue weighted by Crippen LogP contribution is 2.33. The molecule has 0 radical (unpaired) electrons. The largest absolute Gasteiger partial charge is 0.483 e. The third-order valence-corrected chi connectivity index (χ3v) is 7.37. The molecule has 0 saturated heterocycles. The van der Waals surface area contributed by atoms with Gasteiger partial charge in [0.15, 0.2) is 6.61 Å². The van der Waals surface area contributed by atoms with Crippen LogP contribution in [0.4, 0.5) is 0 Å². The number of hydrogen-bond donors (Lipinski definition) is 1. The van der Waals surface area contributed by atoms with Gasteiger partial charge in [0.2, 0.25) is 5.91 Å². The van der Waals surface area contributed by atoms with E-state index in [1.54, 1.807) is 11.0 Å². The number of benzene rings is 4. The molecular formula is C31H30BrClN2O3. The van der Waals surface area contributed by atoms with E-state index in [0.29, 0.717) is 17.2 Å². The van der Waals surface area contributed by atoms with E-state index in [1.165, 1.54) is 0 Å². The summed E-state index contributed by atoms with van der Waals surface area (Å²) in [6, 6.07) is 27.9. The van der Waals surface area contributed by atoms with Gasteiger partial charge in [-0.3, -0.25) is 9.59 Å². The molecule has 38 heavy (non-hydrogen) atoms. The van der Waals surface area contributed by atoms with Crippen LogP contribution in [0.15, 0.2) is 95.5 Å². The minimum absolute atomic E-state index is 0.0807. The number of amides is 2. The number of ether oxygens (including phenoxy) is 1. The monoisotopic (exact) mass is 592 g/mol. The van der Waals surface area contributed by atoms with Gasteiger partial charge in [-0.25, -0.2) is 0 Å². The fourth-order valence-corrected chi connectivity index (χ4v) is 5.10. The van der Waals surface area contributed by atoms with E-state index in [2.05, 4.69) is 21.2 Å². The van der Waals surface area contributed by atoms with Crippen LogP contribution in [0.5, 0.6) is 5.75 Å². The second-order valence-electron chi connectivity index (χ2n) is 9.37. The summed E-state index contributed by atoms with van der Waals surface area (Å²) in [5.41, 5.74) is 1.70. The molecule has 4 rings (SSSR count). The highest BCUT2D eigenvalue weighted by molar-refractivity contribution is 9.10. The van der Waals surface area contributed by atoms with Gasteiger partial charge in [-0.1, -0.05) is 90.5 Å². The van der Waals surface area contributed by atoms with Gasteiger partial charge in [-0.15, -0.1) is 0 Å². The van der Waals surface area contributed by atoms with Crippen molar-refractivity contribution in [1.29, 1.82) is 0 Å². The molecule has 0 fully saturated rings. The summed E-state index contributed by atoms with van der Waals surface area (Å²) in [7, 11) is 0. The first-order valence-electron chi connectivity index (χ1n) is 12.5. The van der Waals surface area contributed by atoms with Crippen molar-refractivity contribution in [3.8, 4) is 5.75 Å². The van der Waals surface area contributed by atoms with Crippen molar-refractivity contribution in [2.75, 3.05) is 6.61 Å². The predicted octanol–water partition coefficient (Wildman–Crippen LogP) is 6.80. The molecule has 4 aromatic rings. The first kappa shape index (κ1) is 27.7. The maximum Gasteiger partial charge on any atom is 0.261 e. The summed E-state index contributed by atoms with van der Waals surface area (Å²) in [5.74, 6) is 0.0157. The lowest BCUT2D eigenvalue weighted by atomic mass is 10.0. The quantitative estimate of drug-likeness (QED) is 0.220. The summed E-state index contributed by atoms with van der Waals surface area (Å²) in [6.45, 7) is 3.74. The molecule has 0 aromatic heterocycles. The van der Waals surface area contributed by atoms with E-state index in [1.807, 2.05) is 98.8 Å². The molecule has 0 spiro atoms. The number of fused-ring (bicyclic) bond motifs is 1. The highest BCUT2D eigenvalue weighted by Gasteiger charge is 2.31. The van der Waals surface area contributed by atoms with E-state index in [9.17, 15) is 9.59 Å². The van der Waals surface area contributed by atoms with Crippen LogP contribution in [0.3, 0.4) is 0 Å². The average Bonchev–Trinajstić information content (AvgIpc) is 2.91. The molecule has 1 atom stereocenters. The van der Waals surface area contributed by atoms with Crippen molar-refractivity contribution in [3.05, 3.63) is 112 Å². The molecule has 2 amide bonds. The van der Waals surface area contributed by atoms with Crippen molar-refractivity contribution in [2.45, 2.75) is 38.9 Å². The molecule has 7 heteroatoms. The maximum absolute atomic E-state index is 13.8. The topological polar surface area (TPSA) is 58.6 Å². The van der Waals surface area contributed by atoms with Crippen molar-refractivity contribution >= 4 is 50.1 Å². The molecule has 0 bridgehead atoms. The number of nitrogens with one attached hydrogen (secondary N) is 1. The molecule has 0 saturated carbocycles. The molecule has 0 unspecified atom stereocenters. The van der Waals surface area contributed by atoms with Gasteiger partial charge < -0.3 is 15.0 Å². The lowest BCUT2D eigenvalue weighted by molar-refractivity contribution is -0.143. The predicted molar refractivity (Wildman–Crippen MR) is 156 cm³/mol. The number of nitrogens with zero attached hydrogens (tertiary/aromatic N) is 1. The van der Waals surface area contributed by atoms with Gasteiger partial charge >= 0.3 is 0 Å². The Bertz CT molecular complexity index is 1410. The Morgan fingerprint density at radius 2 is 1.61 bits per heavy atom. The molecular weight excluding hydrogens is 564 g/mol. The minimum atomic E-state index is -0.757. The third-order valence-electron chi connectivity index (χ3n) is 6.18. The Morgan fingerprint density at radius 1 is 0.921 bits per heavy atom. The zero-order valence-corrected chi connectivity index (χ0v) is 23.7. The van der Waals surface area contributed by atoms with Gasteiger partial charge in [-0.2, -0.15) is 0 Å². The van der Waals surface area contributed by atoms with Crippen molar-refractivity contribution < 1.29 is 14.3 Å². The molecule has 4 aromatic carbocycles. The Morgan fingerprint density at radius 3 is 2.34 bits per heavy atom. The lowest BCUT2D eigenvalue weighted by Gasteiger charge is -2.32. The van der Waals surface area contributed by atoms with Gasteiger partial charge in [0.1, 0.15) is 11.8 Å². The molecule has 0 heterocycles. The first-order chi connectivity index (χ1) is 18.3. The third kappa shape index (κ3) is 6.94. The number of halogens is 2. The minimum Gasteiger partial charge on any atom is -0.483 e. The van der Waals surface area contributed by atoms with Crippen LogP contribution >= 0.6 is 27.5 Å². The van der Waals surface area contributed by atoms with E-state index in [4.69, 9.17) is 16.3 Å². The highest BCUT2D eigenvalue weighted by atomic mass is 79.9. The van der Waals surface area contributed by atoms with Crippen LogP contribution in [-0.4, -0.2) is 35.4 Å². The van der Waals surface area contributed by atoms with Crippen LogP contribution < -0.4 is 10.1 Å². The first-order valence-corrected chi connectivity index (χ1v) is 13.7. The van der Waals surface area contributed by atoms with Crippen LogP contribution in [0.25, 0.3) is 10.8 Å². The van der Waals surface area contributed by atoms with Crippen LogP contribution in [0.2, 0.25) is 5.02 Å². The fraction of sp³-hybridized carbons (Fsp3) is 0.226. The van der Waals surface area contributed by atoms with Gasteiger partial charge in [-0.05, 0) is 63.8 Å². The Kier molecular flexibility index (Phi) is 9.43. The van der Waals surface area contributed by atoms with Crippen molar-refractivity contribution in [2.24, 2.45) is 0 Å². The van der Waals surface area contributed by atoms with Gasteiger partial charge in [0.05, 0.1) is 4.47 Å². The summed E-state index contributed by atoms with van der Waals surface area (Å²) in [6.07, 6.45) is 0.356. The molecule has 1 N–H and O–H groups in total. The Hall–Kier alpha value is -3.35. The van der Waals surface area contributed by atoms with Crippen LogP contribution in [-0.2, 0) is 22.6 Å². The zero-order chi connectivity index (χ0) is 27.1.